The average Bonchev–Trinajstić information content (AvgIpc) is 3.28. The highest BCUT2D eigenvalue weighted by Gasteiger charge is 2.19. The van der Waals surface area contributed by atoms with Crippen LogP contribution in [0.1, 0.15) is 284 Å². The molecule has 4 nitrogen and oxygen atoms in total. The van der Waals surface area contributed by atoms with E-state index in [1.165, 1.54) is 199 Å². The maximum Gasteiger partial charge on any atom is 0.220 e. The van der Waals surface area contributed by atoms with Crippen LogP contribution in [0.5, 0.6) is 0 Å². The number of carbonyl (C=O) groups is 1. The first-order valence-electron chi connectivity index (χ1n) is 27.5. The largest absolute Gasteiger partial charge is 0.394 e. The Balaban J connectivity index is 3.46. The summed E-state index contributed by atoms with van der Waals surface area (Å²) in [6.45, 7) is 4.24. The number of aliphatic hydroxyl groups is 2. The maximum atomic E-state index is 12.4. The lowest BCUT2D eigenvalue weighted by Crippen LogP contribution is -2.45. The van der Waals surface area contributed by atoms with E-state index < -0.39 is 12.1 Å². The van der Waals surface area contributed by atoms with Gasteiger partial charge in [0.05, 0.1) is 18.8 Å². The van der Waals surface area contributed by atoms with E-state index in [1.54, 1.807) is 0 Å². The Morgan fingerprint density at radius 3 is 1.00 bits per heavy atom. The fourth-order valence-corrected chi connectivity index (χ4v) is 8.40. The maximum absolute atomic E-state index is 12.4. The van der Waals surface area contributed by atoms with Gasteiger partial charge in [0, 0.05) is 6.42 Å². The van der Waals surface area contributed by atoms with Gasteiger partial charge in [-0.05, 0) is 51.4 Å². The molecule has 1 amide bonds. The normalized spacial score (nSPS) is 13.3. The second-order valence-corrected chi connectivity index (χ2v) is 18.6. The van der Waals surface area contributed by atoms with Crippen LogP contribution in [-0.2, 0) is 4.79 Å². The van der Waals surface area contributed by atoms with Gasteiger partial charge >= 0.3 is 0 Å². The zero-order valence-electron chi connectivity index (χ0n) is 41.6. The highest BCUT2D eigenvalue weighted by atomic mass is 16.3. The molecule has 2 unspecified atom stereocenters. The molecule has 3 N–H and O–H groups in total. The lowest BCUT2D eigenvalue weighted by molar-refractivity contribution is -0.123. The summed E-state index contributed by atoms with van der Waals surface area (Å²) >= 11 is 0. The number of allylic oxidation sites excluding steroid dienone is 10. The first kappa shape index (κ1) is 60.1. The molecule has 0 bridgehead atoms. The predicted molar refractivity (Wildman–Crippen MR) is 276 cm³/mol. The van der Waals surface area contributed by atoms with Crippen molar-refractivity contribution >= 4 is 5.91 Å². The van der Waals surface area contributed by atoms with E-state index in [0.29, 0.717) is 12.8 Å². The van der Waals surface area contributed by atoms with Gasteiger partial charge in [0.25, 0.3) is 0 Å². The molecule has 0 radical (unpaired) electrons. The van der Waals surface area contributed by atoms with Gasteiger partial charge in [0.2, 0.25) is 5.91 Å². The molecular weight excluding hydrogens is 759 g/mol. The molecule has 0 saturated heterocycles. The Labute approximate surface area is 387 Å². The first-order valence-corrected chi connectivity index (χ1v) is 27.5. The number of unbranched alkanes of at least 4 members (excludes halogenated alkanes) is 33. The van der Waals surface area contributed by atoms with Gasteiger partial charge in [-0.1, -0.05) is 286 Å². The highest BCUT2D eigenvalue weighted by Crippen LogP contribution is 2.18. The number of rotatable bonds is 50. The van der Waals surface area contributed by atoms with Crippen molar-refractivity contribution in [2.45, 2.75) is 296 Å². The lowest BCUT2D eigenvalue weighted by Gasteiger charge is -2.22. The van der Waals surface area contributed by atoms with Crippen LogP contribution in [0.2, 0.25) is 0 Å². The van der Waals surface area contributed by atoms with E-state index in [9.17, 15) is 15.0 Å². The first-order chi connectivity index (χ1) is 30.7. The molecule has 0 aromatic heterocycles. The van der Waals surface area contributed by atoms with Crippen molar-refractivity contribution in [3.63, 3.8) is 0 Å². The molecular formula is C58H107NO3. The Bertz CT molecular complexity index is 1030. The summed E-state index contributed by atoms with van der Waals surface area (Å²) in [7, 11) is 0. The minimum Gasteiger partial charge on any atom is -0.394 e. The van der Waals surface area contributed by atoms with Crippen molar-refractivity contribution in [2.75, 3.05) is 6.61 Å². The molecule has 0 aliphatic carbocycles. The summed E-state index contributed by atoms with van der Waals surface area (Å²) in [5, 5.41) is 23.2. The quantitative estimate of drug-likeness (QED) is 0.0421. The lowest BCUT2D eigenvalue weighted by atomic mass is 10.0. The number of hydrogen-bond donors (Lipinski definition) is 3. The number of nitrogens with one attached hydrogen (secondary N) is 1. The van der Waals surface area contributed by atoms with Gasteiger partial charge in [-0.15, -0.1) is 0 Å². The highest BCUT2D eigenvalue weighted by molar-refractivity contribution is 5.76. The summed E-state index contributed by atoms with van der Waals surface area (Å²) < 4.78 is 0. The van der Waals surface area contributed by atoms with Gasteiger partial charge in [0.1, 0.15) is 0 Å². The Morgan fingerprint density at radius 1 is 0.403 bits per heavy atom. The van der Waals surface area contributed by atoms with E-state index in [4.69, 9.17) is 0 Å². The van der Waals surface area contributed by atoms with Crippen LogP contribution in [0.15, 0.2) is 60.8 Å². The summed E-state index contributed by atoms with van der Waals surface area (Å²) in [6.07, 6.45) is 75.1. The van der Waals surface area contributed by atoms with Gasteiger partial charge in [0.15, 0.2) is 0 Å². The topological polar surface area (TPSA) is 69.6 Å². The number of aliphatic hydroxyl groups excluding tert-OH is 2. The second-order valence-electron chi connectivity index (χ2n) is 18.6. The van der Waals surface area contributed by atoms with E-state index in [1.807, 2.05) is 0 Å². The SMILES string of the molecule is CC/C=C\C/C=C\C/C=C\C/C=C\C/C=C\CCCC(=O)NC(CO)C(O)CCCCCCCCCCCCCCCCCCCCCCCCCCCCCCCCCCC. The van der Waals surface area contributed by atoms with E-state index >= 15 is 0 Å². The molecule has 0 aromatic carbocycles. The van der Waals surface area contributed by atoms with Gasteiger partial charge < -0.3 is 15.5 Å². The zero-order valence-corrected chi connectivity index (χ0v) is 41.6. The minimum absolute atomic E-state index is 0.0865. The van der Waals surface area contributed by atoms with E-state index in [2.05, 4.69) is 79.9 Å². The standard InChI is InChI=1S/C58H107NO3/c1-3-5-7-9-11-13-15-17-19-21-22-23-24-25-26-27-28-29-30-31-32-33-34-35-36-38-39-41-43-45-47-49-51-53-57(61)56(55-60)59-58(62)54-52-50-48-46-44-42-40-37-20-18-16-14-12-10-8-6-4-2/h6,8,12,14,18,20,40,42,46,48,56-57,60-61H,3-5,7,9-11,13,15-17,19,21-39,41,43-45,47,49-55H2,1-2H3,(H,59,62)/b8-6-,14-12-,20-18-,42-40-,48-46-. The molecule has 0 saturated carbocycles. The van der Waals surface area contributed by atoms with Crippen LogP contribution < -0.4 is 5.32 Å². The molecule has 0 spiro atoms. The fraction of sp³-hybridized carbons (Fsp3) is 0.810. The summed E-state index contributed by atoms with van der Waals surface area (Å²) in [6, 6.07) is -0.570. The molecule has 0 heterocycles. The number of amides is 1. The third kappa shape index (κ3) is 49.1. The average molecular weight is 866 g/mol. The monoisotopic (exact) mass is 866 g/mol. The number of hydrogen-bond acceptors (Lipinski definition) is 3. The third-order valence-corrected chi connectivity index (χ3v) is 12.5. The van der Waals surface area contributed by atoms with E-state index in [0.717, 1.165) is 57.8 Å². The summed E-state index contributed by atoms with van der Waals surface area (Å²) in [5.74, 6) is -0.0865. The molecule has 0 aliphatic rings. The summed E-state index contributed by atoms with van der Waals surface area (Å²) in [4.78, 5) is 12.4. The van der Waals surface area contributed by atoms with Crippen LogP contribution in [-0.4, -0.2) is 34.9 Å². The van der Waals surface area contributed by atoms with Crippen molar-refractivity contribution in [3.8, 4) is 0 Å². The van der Waals surface area contributed by atoms with Crippen LogP contribution in [0.25, 0.3) is 0 Å². The van der Waals surface area contributed by atoms with Crippen LogP contribution in [0.3, 0.4) is 0 Å². The summed E-state index contributed by atoms with van der Waals surface area (Å²) in [5.41, 5.74) is 0. The molecule has 2 atom stereocenters. The minimum atomic E-state index is -0.687. The van der Waals surface area contributed by atoms with Gasteiger partial charge in [-0.3, -0.25) is 4.79 Å². The molecule has 0 fully saturated rings. The third-order valence-electron chi connectivity index (χ3n) is 12.5. The Hall–Kier alpha value is -1.91. The molecule has 362 valence electrons. The molecule has 0 aliphatic heterocycles. The van der Waals surface area contributed by atoms with Crippen molar-refractivity contribution in [1.29, 1.82) is 0 Å². The smallest absolute Gasteiger partial charge is 0.220 e. The zero-order chi connectivity index (χ0) is 44.9. The van der Waals surface area contributed by atoms with Crippen molar-refractivity contribution < 1.29 is 15.0 Å². The molecule has 62 heavy (non-hydrogen) atoms. The van der Waals surface area contributed by atoms with Crippen molar-refractivity contribution in [2.24, 2.45) is 0 Å². The fourth-order valence-electron chi connectivity index (χ4n) is 8.40. The second kappa shape index (κ2) is 53.4. The van der Waals surface area contributed by atoms with Crippen LogP contribution in [0.4, 0.5) is 0 Å². The Kier molecular flexibility index (Phi) is 51.8. The van der Waals surface area contributed by atoms with Crippen LogP contribution >= 0.6 is 0 Å². The number of carbonyl (C=O) groups excluding carboxylic acids is 1. The van der Waals surface area contributed by atoms with Crippen molar-refractivity contribution in [1.82, 2.24) is 5.32 Å². The van der Waals surface area contributed by atoms with Gasteiger partial charge in [-0.2, -0.15) is 0 Å². The van der Waals surface area contributed by atoms with Crippen molar-refractivity contribution in [3.05, 3.63) is 60.8 Å². The molecule has 0 aromatic rings. The van der Waals surface area contributed by atoms with Crippen LogP contribution in [0, 0.1) is 0 Å². The molecule has 4 heteroatoms. The Morgan fingerprint density at radius 2 is 0.694 bits per heavy atom. The van der Waals surface area contributed by atoms with E-state index in [-0.39, 0.29) is 12.5 Å². The van der Waals surface area contributed by atoms with Gasteiger partial charge in [-0.25, -0.2) is 0 Å². The predicted octanol–water partition coefficient (Wildman–Crippen LogP) is 18.0. The molecule has 0 rings (SSSR count).